The van der Waals surface area contributed by atoms with Crippen molar-refractivity contribution in [3.05, 3.63) is 33.9 Å². The summed E-state index contributed by atoms with van der Waals surface area (Å²) in [5.74, 6) is 0.284. The van der Waals surface area contributed by atoms with Gasteiger partial charge in [0.05, 0.1) is 12.0 Å². The lowest BCUT2D eigenvalue weighted by molar-refractivity contribution is -0.385. The van der Waals surface area contributed by atoms with Gasteiger partial charge >= 0.3 is 5.69 Å². The second kappa shape index (κ2) is 4.41. The number of nitrogens with zero attached hydrogens (tertiary/aromatic N) is 1. The molecule has 5 heteroatoms. The summed E-state index contributed by atoms with van der Waals surface area (Å²) < 4.78 is 4.88. The minimum Gasteiger partial charge on any atom is -0.490 e. The van der Waals surface area contributed by atoms with E-state index in [0.717, 1.165) is 5.56 Å². The minimum absolute atomic E-state index is 0.00343. The van der Waals surface area contributed by atoms with E-state index in [1.165, 1.54) is 13.2 Å². The van der Waals surface area contributed by atoms with E-state index < -0.39 is 4.92 Å². The topological polar surface area (TPSA) is 52.4 Å². The number of rotatable bonds is 3. The van der Waals surface area contributed by atoms with E-state index in [1.54, 1.807) is 12.1 Å². The predicted molar refractivity (Wildman–Crippen MR) is 57.0 cm³/mol. The quantitative estimate of drug-likeness (QED) is 0.476. The highest BCUT2D eigenvalue weighted by atomic mass is 79.9. The van der Waals surface area contributed by atoms with Gasteiger partial charge in [-0.15, -0.1) is 0 Å². The number of hydrogen-bond acceptors (Lipinski definition) is 3. The molecular weight excluding hydrogens is 250 g/mol. The summed E-state index contributed by atoms with van der Waals surface area (Å²) in [6.07, 6.45) is 0. The van der Waals surface area contributed by atoms with E-state index in [2.05, 4.69) is 15.9 Å². The Balaban J connectivity index is 3.21. The number of benzene rings is 1. The summed E-state index contributed by atoms with van der Waals surface area (Å²) >= 11 is 3.35. The summed E-state index contributed by atoms with van der Waals surface area (Å²) in [6, 6.07) is 4.91. The molecule has 0 bridgehead atoms. The largest absolute Gasteiger partial charge is 0.490 e. The second-order valence-electron chi connectivity index (χ2n) is 2.80. The fraction of sp³-hybridized carbons (Fsp3) is 0.333. The van der Waals surface area contributed by atoms with Crippen LogP contribution in [0.1, 0.15) is 17.3 Å². The molecule has 0 N–H and O–H groups in total. The molecule has 0 aromatic heterocycles. The summed E-state index contributed by atoms with van der Waals surface area (Å²) in [5, 5.41) is 10.7. The van der Waals surface area contributed by atoms with Gasteiger partial charge in [-0.1, -0.05) is 22.0 Å². The molecule has 1 atom stereocenters. The number of halogens is 1. The smallest absolute Gasteiger partial charge is 0.311 e. The third kappa shape index (κ3) is 2.23. The van der Waals surface area contributed by atoms with Crippen molar-refractivity contribution in [2.45, 2.75) is 11.8 Å². The first-order valence-electron chi connectivity index (χ1n) is 4.02. The van der Waals surface area contributed by atoms with Gasteiger partial charge in [-0.2, -0.15) is 0 Å². The summed E-state index contributed by atoms with van der Waals surface area (Å²) in [7, 11) is 1.42. The maximum absolute atomic E-state index is 10.7. The van der Waals surface area contributed by atoms with Crippen LogP contribution in [0.2, 0.25) is 0 Å². The van der Waals surface area contributed by atoms with Gasteiger partial charge in [0.15, 0.2) is 5.75 Å². The van der Waals surface area contributed by atoms with Gasteiger partial charge < -0.3 is 4.74 Å². The molecule has 14 heavy (non-hydrogen) atoms. The fourth-order valence-corrected chi connectivity index (χ4v) is 1.38. The Morgan fingerprint density at radius 1 is 1.57 bits per heavy atom. The average Bonchev–Trinajstić information content (AvgIpc) is 2.16. The van der Waals surface area contributed by atoms with E-state index in [0.29, 0.717) is 0 Å². The molecule has 0 amide bonds. The SMILES string of the molecule is COc1ccc(C(C)Br)cc1[N+](=O)[O-]. The van der Waals surface area contributed by atoms with Gasteiger partial charge in [0, 0.05) is 10.9 Å². The number of nitro benzene ring substituents is 1. The molecule has 0 fully saturated rings. The third-order valence-corrected chi connectivity index (χ3v) is 2.39. The number of ether oxygens (including phenoxy) is 1. The molecule has 0 aliphatic carbocycles. The first kappa shape index (κ1) is 11.0. The molecule has 0 aliphatic heterocycles. The van der Waals surface area contributed by atoms with Crippen LogP contribution in [0.5, 0.6) is 5.75 Å². The zero-order chi connectivity index (χ0) is 10.7. The summed E-state index contributed by atoms with van der Waals surface area (Å²) in [6.45, 7) is 1.91. The van der Waals surface area contributed by atoms with E-state index in [1.807, 2.05) is 6.92 Å². The Morgan fingerprint density at radius 3 is 2.64 bits per heavy atom. The predicted octanol–water partition coefficient (Wildman–Crippen LogP) is 3.06. The highest BCUT2D eigenvalue weighted by Crippen LogP contribution is 2.32. The molecule has 76 valence electrons. The van der Waals surface area contributed by atoms with Crippen LogP contribution in [0.3, 0.4) is 0 Å². The number of hydrogen-bond donors (Lipinski definition) is 0. The Hall–Kier alpha value is -1.10. The molecular formula is C9H10BrNO3. The average molecular weight is 260 g/mol. The van der Waals surface area contributed by atoms with E-state index in [-0.39, 0.29) is 16.3 Å². The molecule has 1 unspecified atom stereocenters. The van der Waals surface area contributed by atoms with Crippen LogP contribution in [0, 0.1) is 10.1 Å². The first-order chi connectivity index (χ1) is 6.56. The molecule has 0 aliphatic rings. The monoisotopic (exact) mass is 259 g/mol. The lowest BCUT2D eigenvalue weighted by Crippen LogP contribution is -1.95. The van der Waals surface area contributed by atoms with Crippen molar-refractivity contribution in [2.75, 3.05) is 7.11 Å². The first-order valence-corrected chi connectivity index (χ1v) is 4.94. The number of methoxy groups -OCH3 is 1. The van der Waals surface area contributed by atoms with Gasteiger partial charge in [-0.05, 0) is 18.6 Å². The van der Waals surface area contributed by atoms with Crippen LogP contribution in [-0.2, 0) is 0 Å². The molecule has 1 aromatic carbocycles. The van der Waals surface area contributed by atoms with Crippen LogP contribution in [0.4, 0.5) is 5.69 Å². The van der Waals surface area contributed by atoms with E-state index >= 15 is 0 Å². The third-order valence-electron chi connectivity index (χ3n) is 1.86. The Kier molecular flexibility index (Phi) is 3.46. The maximum Gasteiger partial charge on any atom is 0.311 e. The van der Waals surface area contributed by atoms with Gasteiger partial charge in [0.25, 0.3) is 0 Å². The van der Waals surface area contributed by atoms with Crippen molar-refractivity contribution >= 4 is 21.6 Å². The molecule has 0 saturated heterocycles. The lowest BCUT2D eigenvalue weighted by atomic mass is 10.1. The van der Waals surface area contributed by atoms with Crippen LogP contribution in [-0.4, -0.2) is 12.0 Å². The molecule has 0 saturated carbocycles. The van der Waals surface area contributed by atoms with Crippen LogP contribution < -0.4 is 4.74 Å². The summed E-state index contributed by atoms with van der Waals surface area (Å²) in [4.78, 5) is 10.3. The zero-order valence-electron chi connectivity index (χ0n) is 7.86. The lowest BCUT2D eigenvalue weighted by Gasteiger charge is -2.06. The van der Waals surface area contributed by atoms with Crippen molar-refractivity contribution in [1.82, 2.24) is 0 Å². The van der Waals surface area contributed by atoms with Crippen molar-refractivity contribution < 1.29 is 9.66 Å². The standard InChI is InChI=1S/C9H10BrNO3/c1-6(10)7-3-4-9(14-2)8(5-7)11(12)13/h3-6H,1-2H3. The van der Waals surface area contributed by atoms with Crippen LogP contribution in [0.25, 0.3) is 0 Å². The van der Waals surface area contributed by atoms with Crippen molar-refractivity contribution in [2.24, 2.45) is 0 Å². The Bertz CT molecular complexity index is 352. The number of nitro groups is 1. The normalized spacial score (nSPS) is 12.2. The Labute approximate surface area is 90.2 Å². The van der Waals surface area contributed by atoms with E-state index in [9.17, 15) is 10.1 Å². The van der Waals surface area contributed by atoms with Gasteiger partial charge in [0.2, 0.25) is 0 Å². The van der Waals surface area contributed by atoms with Crippen molar-refractivity contribution in [3.63, 3.8) is 0 Å². The van der Waals surface area contributed by atoms with Crippen LogP contribution >= 0.6 is 15.9 Å². The number of alkyl halides is 1. The molecule has 1 rings (SSSR count). The van der Waals surface area contributed by atoms with Gasteiger partial charge in [-0.3, -0.25) is 10.1 Å². The van der Waals surface area contributed by atoms with E-state index in [4.69, 9.17) is 4.74 Å². The van der Waals surface area contributed by atoms with Crippen LogP contribution in [0.15, 0.2) is 18.2 Å². The zero-order valence-corrected chi connectivity index (χ0v) is 9.45. The molecule has 0 radical (unpaired) electrons. The highest BCUT2D eigenvalue weighted by molar-refractivity contribution is 9.09. The van der Waals surface area contributed by atoms with Gasteiger partial charge in [-0.25, -0.2) is 0 Å². The maximum atomic E-state index is 10.7. The molecule has 4 nitrogen and oxygen atoms in total. The molecule has 0 heterocycles. The Morgan fingerprint density at radius 2 is 2.21 bits per heavy atom. The van der Waals surface area contributed by atoms with Gasteiger partial charge in [0.1, 0.15) is 0 Å². The summed E-state index contributed by atoms with van der Waals surface area (Å²) in [5.41, 5.74) is 0.855. The van der Waals surface area contributed by atoms with Crippen molar-refractivity contribution in [3.8, 4) is 5.75 Å². The van der Waals surface area contributed by atoms with Crippen molar-refractivity contribution in [1.29, 1.82) is 0 Å². The molecule has 0 spiro atoms. The highest BCUT2D eigenvalue weighted by Gasteiger charge is 2.16. The minimum atomic E-state index is -0.447. The molecule has 1 aromatic rings. The fourth-order valence-electron chi connectivity index (χ4n) is 1.10. The second-order valence-corrected chi connectivity index (χ2v) is 4.18.